The third-order valence-electron chi connectivity index (χ3n) is 5.14. The van der Waals surface area contributed by atoms with Crippen LogP contribution in [0.25, 0.3) is 16.5 Å². The van der Waals surface area contributed by atoms with Crippen molar-refractivity contribution >= 4 is 22.4 Å². The van der Waals surface area contributed by atoms with Crippen molar-refractivity contribution in [2.45, 2.75) is 45.6 Å². The van der Waals surface area contributed by atoms with E-state index < -0.39 is 0 Å². The van der Waals surface area contributed by atoms with E-state index in [1.54, 1.807) is 0 Å². The number of carbonyl (C=O) groups excluding carboxylic acids is 1. The van der Waals surface area contributed by atoms with Crippen LogP contribution in [0.2, 0.25) is 0 Å². The quantitative estimate of drug-likeness (QED) is 0.713. The number of hydrogen-bond donors (Lipinski definition) is 3. The minimum absolute atomic E-state index is 0.0879. The summed E-state index contributed by atoms with van der Waals surface area (Å²) in [5.41, 5.74) is 5.18. The van der Waals surface area contributed by atoms with Gasteiger partial charge in [0.25, 0.3) is 0 Å². The van der Waals surface area contributed by atoms with Crippen molar-refractivity contribution in [2.24, 2.45) is 5.92 Å². The Morgan fingerprint density at radius 3 is 3.00 bits per heavy atom. The second-order valence-corrected chi connectivity index (χ2v) is 7.18. The molecule has 3 rings (SSSR count). The normalized spacial score (nSPS) is 17.6. The Hall–Kier alpha value is -2.07. The van der Waals surface area contributed by atoms with E-state index in [0.29, 0.717) is 0 Å². The van der Waals surface area contributed by atoms with Crippen molar-refractivity contribution in [1.29, 1.82) is 0 Å². The van der Waals surface area contributed by atoms with Crippen LogP contribution in [0.4, 0.5) is 0 Å². The average molecular weight is 340 g/mol. The summed E-state index contributed by atoms with van der Waals surface area (Å²) in [7, 11) is 2.03. The minimum atomic E-state index is -0.0879. The van der Waals surface area contributed by atoms with Gasteiger partial charge in [-0.2, -0.15) is 0 Å². The molecule has 0 aliphatic heterocycles. The van der Waals surface area contributed by atoms with Gasteiger partial charge in [-0.05, 0) is 49.0 Å². The first-order valence-corrected chi connectivity index (χ1v) is 9.52. The van der Waals surface area contributed by atoms with Crippen LogP contribution in [0, 0.1) is 5.92 Å². The molecule has 0 saturated carbocycles. The number of aromatic amines is 1. The highest BCUT2D eigenvalue weighted by Crippen LogP contribution is 2.36. The summed E-state index contributed by atoms with van der Waals surface area (Å²) < 4.78 is 0. The molecule has 1 unspecified atom stereocenters. The minimum Gasteiger partial charge on any atom is -0.361 e. The third kappa shape index (κ3) is 3.79. The second-order valence-electron chi connectivity index (χ2n) is 7.18. The predicted octanol–water partition coefficient (Wildman–Crippen LogP) is 2.61. The maximum Gasteiger partial charge on any atom is 0.232 e. The number of allylic oxidation sites excluding steroid dienone is 1. The number of H-pyrrole nitrogens is 1. The monoisotopic (exact) mass is 340 g/mol. The van der Waals surface area contributed by atoms with Gasteiger partial charge in [0.1, 0.15) is 5.92 Å². The molecule has 0 spiro atoms. The summed E-state index contributed by atoms with van der Waals surface area (Å²) in [6.45, 7) is 5.03. The highest BCUT2D eigenvalue weighted by Gasteiger charge is 2.23. The summed E-state index contributed by atoms with van der Waals surface area (Å²) in [5.74, 6) is 0.0636. The van der Waals surface area contributed by atoms with Gasteiger partial charge in [-0.15, -0.1) is 0 Å². The lowest BCUT2D eigenvalue weighted by Crippen LogP contribution is -2.81. The molecule has 1 aromatic heterocycles. The number of nitrogens with one attached hydrogen (secondary N) is 2. The van der Waals surface area contributed by atoms with Crippen molar-refractivity contribution in [3.8, 4) is 0 Å². The van der Waals surface area contributed by atoms with E-state index in [1.165, 1.54) is 27.6 Å². The summed E-state index contributed by atoms with van der Waals surface area (Å²) in [4.78, 5) is 16.1. The molecule has 4 N–H and O–H groups in total. The molecule has 1 amide bonds. The number of rotatable bonds is 7. The SMILES string of the molecule is CCC[C@@H](C)NC(=O)C(/C=C1\CCc2c[nH]c3cccc1c23)C[NH2+]C. The largest absolute Gasteiger partial charge is 0.361 e. The van der Waals surface area contributed by atoms with Crippen molar-refractivity contribution in [3.63, 3.8) is 0 Å². The number of amides is 1. The standard InChI is InChI=1S/C21H29N3O/c1-4-6-14(2)24-21(25)17(12-22-3)11-15-9-10-16-13-23-19-8-5-7-18(15)20(16)19/h5,7-8,11,13-14,17,22-23H,4,6,9-10,12H2,1-3H3,(H,24,25)/p+1/b15-11+/t14-,17?/m1/s1. The molecule has 1 aliphatic rings. The lowest BCUT2D eigenvalue weighted by molar-refractivity contribution is -0.629. The van der Waals surface area contributed by atoms with E-state index in [1.807, 2.05) is 7.05 Å². The van der Waals surface area contributed by atoms with Gasteiger partial charge < -0.3 is 15.6 Å². The molecule has 2 aromatic rings. The molecule has 0 saturated heterocycles. The van der Waals surface area contributed by atoms with Gasteiger partial charge in [-0.3, -0.25) is 4.79 Å². The maximum absolute atomic E-state index is 12.7. The van der Waals surface area contributed by atoms with Crippen LogP contribution in [-0.2, 0) is 11.2 Å². The average Bonchev–Trinajstić information content (AvgIpc) is 3.01. The topological polar surface area (TPSA) is 61.5 Å². The van der Waals surface area contributed by atoms with Crippen LogP contribution in [0.5, 0.6) is 0 Å². The second kappa shape index (κ2) is 7.87. The van der Waals surface area contributed by atoms with Crippen LogP contribution in [-0.4, -0.2) is 30.5 Å². The van der Waals surface area contributed by atoms with Crippen molar-refractivity contribution in [1.82, 2.24) is 10.3 Å². The van der Waals surface area contributed by atoms with E-state index in [0.717, 1.165) is 32.2 Å². The molecule has 0 bridgehead atoms. The predicted molar refractivity (Wildman–Crippen MR) is 103 cm³/mol. The Bertz CT molecular complexity index is 775. The molecule has 2 atom stereocenters. The fourth-order valence-corrected chi connectivity index (χ4v) is 3.90. The van der Waals surface area contributed by atoms with Gasteiger partial charge in [0, 0.05) is 23.1 Å². The molecule has 134 valence electrons. The molecule has 4 heteroatoms. The van der Waals surface area contributed by atoms with Gasteiger partial charge in [-0.1, -0.05) is 31.6 Å². The van der Waals surface area contributed by atoms with Crippen LogP contribution in [0.1, 0.15) is 44.2 Å². The molecule has 4 nitrogen and oxygen atoms in total. The number of benzene rings is 1. The van der Waals surface area contributed by atoms with Crippen LogP contribution in [0.3, 0.4) is 0 Å². The van der Waals surface area contributed by atoms with E-state index >= 15 is 0 Å². The Morgan fingerprint density at radius 1 is 1.40 bits per heavy atom. The third-order valence-corrected chi connectivity index (χ3v) is 5.14. The number of nitrogens with two attached hydrogens (primary N) is 1. The molecular formula is C21H30N3O+. The number of hydrogen-bond acceptors (Lipinski definition) is 1. The first kappa shape index (κ1) is 17.7. The van der Waals surface area contributed by atoms with E-state index in [4.69, 9.17) is 0 Å². The summed E-state index contributed by atoms with van der Waals surface area (Å²) in [6.07, 6.45) is 8.49. The Labute approximate surface area is 150 Å². The zero-order chi connectivity index (χ0) is 17.8. The van der Waals surface area contributed by atoms with Gasteiger partial charge in [-0.25, -0.2) is 0 Å². The van der Waals surface area contributed by atoms with Crippen LogP contribution < -0.4 is 10.6 Å². The number of aryl methyl sites for hydroxylation is 1. The summed E-state index contributed by atoms with van der Waals surface area (Å²) >= 11 is 0. The Balaban J connectivity index is 1.88. The number of aromatic nitrogens is 1. The van der Waals surface area contributed by atoms with Gasteiger partial charge in [0.05, 0.1) is 13.6 Å². The lowest BCUT2D eigenvalue weighted by atomic mass is 9.86. The summed E-state index contributed by atoms with van der Waals surface area (Å²) in [6, 6.07) is 6.65. The maximum atomic E-state index is 12.7. The fraction of sp³-hybridized carbons (Fsp3) is 0.476. The highest BCUT2D eigenvalue weighted by atomic mass is 16.1. The smallest absolute Gasteiger partial charge is 0.232 e. The lowest BCUT2D eigenvalue weighted by Gasteiger charge is -2.20. The number of quaternary nitrogens is 1. The Morgan fingerprint density at radius 2 is 2.24 bits per heavy atom. The van der Waals surface area contributed by atoms with Gasteiger partial charge >= 0.3 is 0 Å². The van der Waals surface area contributed by atoms with E-state index in [9.17, 15) is 4.79 Å². The van der Waals surface area contributed by atoms with E-state index in [-0.39, 0.29) is 17.9 Å². The van der Waals surface area contributed by atoms with Gasteiger partial charge in [0.2, 0.25) is 5.91 Å². The molecule has 25 heavy (non-hydrogen) atoms. The van der Waals surface area contributed by atoms with E-state index in [2.05, 4.69) is 59.9 Å². The molecule has 1 heterocycles. The van der Waals surface area contributed by atoms with Crippen molar-refractivity contribution < 1.29 is 10.1 Å². The van der Waals surface area contributed by atoms with Crippen LogP contribution in [0.15, 0.2) is 30.5 Å². The zero-order valence-electron chi connectivity index (χ0n) is 15.6. The first-order chi connectivity index (χ1) is 12.1. The first-order valence-electron chi connectivity index (χ1n) is 9.52. The molecule has 0 radical (unpaired) electrons. The zero-order valence-corrected chi connectivity index (χ0v) is 15.6. The highest BCUT2D eigenvalue weighted by molar-refractivity contribution is 5.97. The van der Waals surface area contributed by atoms with Gasteiger partial charge in [0.15, 0.2) is 0 Å². The van der Waals surface area contributed by atoms with Crippen molar-refractivity contribution in [2.75, 3.05) is 13.6 Å². The van der Waals surface area contributed by atoms with Crippen LogP contribution >= 0.6 is 0 Å². The molecular weight excluding hydrogens is 310 g/mol. The summed E-state index contributed by atoms with van der Waals surface area (Å²) in [5, 5.41) is 6.61. The Kier molecular flexibility index (Phi) is 5.59. The molecule has 0 fully saturated rings. The number of carbonyl (C=O) groups is 1. The fourth-order valence-electron chi connectivity index (χ4n) is 3.90. The molecule has 1 aromatic carbocycles. The van der Waals surface area contributed by atoms with Crippen molar-refractivity contribution in [3.05, 3.63) is 41.6 Å². The molecule has 1 aliphatic carbocycles.